The third-order valence-corrected chi connectivity index (χ3v) is 3.86. The van der Waals surface area contributed by atoms with E-state index in [-0.39, 0.29) is 0 Å². The highest BCUT2D eigenvalue weighted by atomic mass is 32.2. The summed E-state index contributed by atoms with van der Waals surface area (Å²) in [7, 11) is 0. The number of benzene rings is 2. The fourth-order valence-corrected chi connectivity index (χ4v) is 2.61. The predicted molar refractivity (Wildman–Crippen MR) is 83.5 cm³/mol. The van der Waals surface area contributed by atoms with Crippen LogP contribution in [0.3, 0.4) is 0 Å². The Hall–Kier alpha value is -1.92. The van der Waals surface area contributed by atoms with Gasteiger partial charge in [-0.2, -0.15) is 5.26 Å². The van der Waals surface area contributed by atoms with Crippen LogP contribution < -0.4 is 4.74 Å². The minimum Gasteiger partial charge on any atom is -0.456 e. The second-order valence-corrected chi connectivity index (χ2v) is 5.59. The van der Waals surface area contributed by atoms with Crippen LogP contribution in [0.5, 0.6) is 11.5 Å². The highest BCUT2D eigenvalue weighted by Crippen LogP contribution is 2.34. The molecule has 0 bridgehead atoms. The van der Waals surface area contributed by atoms with Crippen molar-refractivity contribution in [3.63, 3.8) is 0 Å². The van der Waals surface area contributed by atoms with Gasteiger partial charge in [0.2, 0.25) is 0 Å². The van der Waals surface area contributed by atoms with Crippen LogP contribution in [0.15, 0.2) is 47.4 Å². The molecule has 0 saturated carbocycles. The number of nitrogens with zero attached hydrogens (tertiary/aromatic N) is 1. The molecule has 0 N–H and O–H groups in total. The Labute approximate surface area is 124 Å². The molecule has 0 heterocycles. The normalized spacial score (nSPS) is 10.3. The number of thioether (sulfide) groups is 1. The SMILES string of the molecule is CSc1cccc(Oc2ccccc2C(C)C)c1C#N. The van der Waals surface area contributed by atoms with Crippen molar-refractivity contribution in [3.8, 4) is 17.6 Å². The standard InChI is InChI=1S/C17H17NOS/c1-12(2)13-7-4-5-8-15(13)19-16-9-6-10-17(20-3)14(16)11-18/h4-10,12H,1-3H3. The Morgan fingerprint density at radius 1 is 1.05 bits per heavy atom. The molecule has 0 aliphatic rings. The maximum Gasteiger partial charge on any atom is 0.146 e. The van der Waals surface area contributed by atoms with Gasteiger partial charge in [-0.25, -0.2) is 0 Å². The number of ether oxygens (including phenoxy) is 1. The van der Waals surface area contributed by atoms with Crippen molar-refractivity contribution >= 4 is 11.8 Å². The van der Waals surface area contributed by atoms with Crippen molar-refractivity contribution in [3.05, 3.63) is 53.6 Å². The zero-order chi connectivity index (χ0) is 14.5. The van der Waals surface area contributed by atoms with Crippen molar-refractivity contribution in [1.29, 1.82) is 5.26 Å². The molecule has 20 heavy (non-hydrogen) atoms. The monoisotopic (exact) mass is 283 g/mol. The Kier molecular flexibility index (Phi) is 4.70. The maximum atomic E-state index is 9.34. The zero-order valence-corrected chi connectivity index (χ0v) is 12.7. The van der Waals surface area contributed by atoms with E-state index in [4.69, 9.17) is 4.74 Å². The molecule has 3 heteroatoms. The van der Waals surface area contributed by atoms with Gasteiger partial charge >= 0.3 is 0 Å². The Balaban J connectivity index is 2.44. The van der Waals surface area contributed by atoms with E-state index in [1.165, 1.54) is 0 Å². The average Bonchev–Trinajstić information content (AvgIpc) is 2.47. The summed E-state index contributed by atoms with van der Waals surface area (Å²) in [5.74, 6) is 1.81. The smallest absolute Gasteiger partial charge is 0.146 e. The lowest BCUT2D eigenvalue weighted by Crippen LogP contribution is -1.95. The molecule has 2 rings (SSSR count). The molecule has 0 saturated heterocycles. The first-order valence-corrected chi connectivity index (χ1v) is 7.73. The van der Waals surface area contributed by atoms with Crippen molar-refractivity contribution in [2.24, 2.45) is 0 Å². The molecule has 102 valence electrons. The number of para-hydroxylation sites is 1. The Morgan fingerprint density at radius 3 is 2.40 bits per heavy atom. The molecule has 0 unspecified atom stereocenters. The van der Waals surface area contributed by atoms with Crippen LogP contribution in [-0.2, 0) is 0 Å². The molecule has 0 aliphatic heterocycles. The highest BCUT2D eigenvalue weighted by molar-refractivity contribution is 7.98. The van der Waals surface area contributed by atoms with Gasteiger partial charge in [-0.3, -0.25) is 0 Å². The molecule has 0 spiro atoms. The summed E-state index contributed by atoms with van der Waals surface area (Å²) in [5.41, 5.74) is 1.74. The van der Waals surface area contributed by atoms with Crippen LogP contribution in [-0.4, -0.2) is 6.26 Å². The lowest BCUT2D eigenvalue weighted by Gasteiger charge is -2.15. The third kappa shape index (κ3) is 2.97. The van der Waals surface area contributed by atoms with Crippen LogP contribution in [0.25, 0.3) is 0 Å². The fourth-order valence-electron chi connectivity index (χ4n) is 2.05. The molecule has 0 amide bonds. The van der Waals surface area contributed by atoms with Gasteiger partial charge in [0, 0.05) is 4.90 Å². The number of nitriles is 1. The molecule has 0 aliphatic carbocycles. The number of rotatable bonds is 4. The van der Waals surface area contributed by atoms with Gasteiger partial charge in [0.05, 0.1) is 0 Å². The Bertz CT molecular complexity index is 644. The van der Waals surface area contributed by atoms with Crippen LogP contribution in [0.1, 0.15) is 30.9 Å². The zero-order valence-electron chi connectivity index (χ0n) is 11.9. The summed E-state index contributed by atoms with van der Waals surface area (Å²) < 4.78 is 6.00. The molecule has 0 fully saturated rings. The lowest BCUT2D eigenvalue weighted by atomic mass is 10.0. The molecular formula is C17H17NOS. The fraction of sp³-hybridized carbons (Fsp3) is 0.235. The van der Waals surface area contributed by atoms with E-state index < -0.39 is 0 Å². The topological polar surface area (TPSA) is 33.0 Å². The Morgan fingerprint density at radius 2 is 1.75 bits per heavy atom. The predicted octanol–water partition coefficient (Wildman–Crippen LogP) is 5.20. The van der Waals surface area contributed by atoms with E-state index in [0.717, 1.165) is 16.2 Å². The second-order valence-electron chi connectivity index (χ2n) is 4.74. The number of hydrogen-bond acceptors (Lipinski definition) is 3. The van der Waals surface area contributed by atoms with Crippen LogP contribution >= 0.6 is 11.8 Å². The molecule has 2 aromatic rings. The summed E-state index contributed by atoms with van der Waals surface area (Å²) in [6.07, 6.45) is 1.96. The van der Waals surface area contributed by atoms with E-state index >= 15 is 0 Å². The first-order chi connectivity index (χ1) is 9.67. The summed E-state index contributed by atoms with van der Waals surface area (Å²) in [6.45, 7) is 4.26. The maximum absolute atomic E-state index is 9.34. The second kappa shape index (κ2) is 6.49. The van der Waals surface area contributed by atoms with Gasteiger partial charge in [-0.05, 0) is 35.9 Å². The van der Waals surface area contributed by atoms with E-state index in [9.17, 15) is 5.26 Å². The first-order valence-electron chi connectivity index (χ1n) is 6.51. The van der Waals surface area contributed by atoms with Gasteiger partial charge in [0.1, 0.15) is 23.1 Å². The molecule has 2 aromatic carbocycles. The molecule has 0 aromatic heterocycles. The largest absolute Gasteiger partial charge is 0.456 e. The van der Waals surface area contributed by atoms with Crippen LogP contribution in [0.4, 0.5) is 0 Å². The minimum atomic E-state index is 0.375. The molecule has 0 atom stereocenters. The van der Waals surface area contributed by atoms with E-state index in [2.05, 4.69) is 26.0 Å². The van der Waals surface area contributed by atoms with Crippen molar-refractivity contribution < 1.29 is 4.74 Å². The van der Waals surface area contributed by atoms with Crippen LogP contribution in [0.2, 0.25) is 0 Å². The summed E-state index contributed by atoms with van der Waals surface area (Å²) in [4.78, 5) is 0.937. The van der Waals surface area contributed by atoms with E-state index in [0.29, 0.717) is 17.2 Å². The van der Waals surface area contributed by atoms with Crippen molar-refractivity contribution in [2.45, 2.75) is 24.7 Å². The van der Waals surface area contributed by atoms with Gasteiger partial charge in [-0.1, -0.05) is 38.1 Å². The summed E-state index contributed by atoms with van der Waals surface area (Å²) in [6, 6.07) is 15.9. The van der Waals surface area contributed by atoms with Gasteiger partial charge in [-0.15, -0.1) is 11.8 Å². The van der Waals surface area contributed by atoms with E-state index in [1.54, 1.807) is 11.8 Å². The quantitative estimate of drug-likeness (QED) is 0.723. The summed E-state index contributed by atoms with van der Waals surface area (Å²) >= 11 is 1.55. The van der Waals surface area contributed by atoms with Crippen LogP contribution in [0, 0.1) is 11.3 Å². The summed E-state index contributed by atoms with van der Waals surface area (Å²) in [5, 5.41) is 9.34. The minimum absolute atomic E-state index is 0.375. The first kappa shape index (κ1) is 14.5. The van der Waals surface area contributed by atoms with Gasteiger partial charge in [0.25, 0.3) is 0 Å². The lowest BCUT2D eigenvalue weighted by molar-refractivity contribution is 0.470. The molecule has 2 nitrogen and oxygen atoms in total. The average molecular weight is 283 g/mol. The van der Waals surface area contributed by atoms with Crippen molar-refractivity contribution in [2.75, 3.05) is 6.26 Å². The van der Waals surface area contributed by atoms with Crippen molar-refractivity contribution in [1.82, 2.24) is 0 Å². The highest BCUT2D eigenvalue weighted by Gasteiger charge is 2.12. The third-order valence-electron chi connectivity index (χ3n) is 3.08. The van der Waals surface area contributed by atoms with E-state index in [1.807, 2.05) is 42.7 Å². The molecular weight excluding hydrogens is 266 g/mol. The number of hydrogen-bond donors (Lipinski definition) is 0. The van der Waals surface area contributed by atoms with Gasteiger partial charge in [0.15, 0.2) is 0 Å². The molecule has 0 radical (unpaired) electrons. The van der Waals surface area contributed by atoms with Gasteiger partial charge < -0.3 is 4.74 Å².